The Morgan fingerprint density at radius 1 is 1.19 bits per heavy atom. The molecule has 1 atom stereocenters. The maximum Gasteiger partial charge on any atom is 0.144 e. The van der Waals surface area contributed by atoms with E-state index in [1.807, 2.05) is 26.0 Å². The number of benzene rings is 1. The number of rotatable bonds is 2. The van der Waals surface area contributed by atoms with Gasteiger partial charge in [-0.2, -0.15) is 0 Å². The van der Waals surface area contributed by atoms with Gasteiger partial charge in [-0.25, -0.2) is 4.98 Å². The Labute approximate surface area is 95.2 Å². The monoisotopic (exact) mass is 216 g/mol. The van der Waals surface area contributed by atoms with Crippen molar-refractivity contribution in [1.82, 2.24) is 9.97 Å². The summed E-state index contributed by atoms with van der Waals surface area (Å²) in [7, 11) is 0. The molecule has 16 heavy (non-hydrogen) atoms. The first-order valence-corrected chi connectivity index (χ1v) is 5.31. The summed E-state index contributed by atoms with van der Waals surface area (Å²) in [5.41, 5.74) is 2.07. The van der Waals surface area contributed by atoms with Crippen LogP contribution in [0.1, 0.15) is 29.4 Å². The maximum absolute atomic E-state index is 10.5. The largest absolute Gasteiger partial charge is 0.377 e. The third-order valence-electron chi connectivity index (χ3n) is 2.74. The Bertz CT molecular complexity index is 466. The molecule has 0 bridgehead atoms. The molecule has 2 rings (SSSR count). The van der Waals surface area contributed by atoms with E-state index in [9.17, 15) is 5.11 Å². The van der Waals surface area contributed by atoms with Gasteiger partial charge in [-0.1, -0.05) is 29.3 Å². The van der Waals surface area contributed by atoms with Gasteiger partial charge >= 0.3 is 0 Å². The van der Waals surface area contributed by atoms with E-state index in [4.69, 9.17) is 0 Å². The van der Waals surface area contributed by atoms with Crippen molar-refractivity contribution in [2.24, 2.45) is 0 Å². The van der Waals surface area contributed by atoms with Gasteiger partial charge in [0.2, 0.25) is 0 Å². The molecule has 1 heterocycles. The summed E-state index contributed by atoms with van der Waals surface area (Å²) in [5, 5.41) is 10.5. The Balaban J connectivity index is 2.51. The first-order chi connectivity index (χ1) is 7.50. The molecular formula is C13H16N2O. The molecule has 0 aliphatic carbocycles. The standard InChI is InChI=1S/C13H16N2O/c1-9-6-10(2)8-11(7-9)13(3,16)12-14-4-5-15-12/h4-8,16H,1-3H3,(H,14,15)/t13-/m1/s1. The number of nitrogens with one attached hydrogen (secondary N) is 1. The summed E-state index contributed by atoms with van der Waals surface area (Å²) in [6.45, 7) is 5.80. The Kier molecular flexibility index (Phi) is 2.56. The second-order valence-electron chi connectivity index (χ2n) is 4.39. The highest BCUT2D eigenvalue weighted by Gasteiger charge is 2.28. The molecule has 0 saturated heterocycles. The van der Waals surface area contributed by atoms with Crippen LogP contribution in [0.2, 0.25) is 0 Å². The van der Waals surface area contributed by atoms with Crippen LogP contribution in [0.5, 0.6) is 0 Å². The zero-order valence-electron chi connectivity index (χ0n) is 9.78. The molecule has 1 aromatic heterocycles. The number of imidazole rings is 1. The minimum atomic E-state index is -1.07. The van der Waals surface area contributed by atoms with E-state index in [0.29, 0.717) is 5.82 Å². The minimum absolute atomic E-state index is 0.567. The van der Waals surface area contributed by atoms with Crippen LogP contribution in [0.3, 0.4) is 0 Å². The van der Waals surface area contributed by atoms with Crippen molar-refractivity contribution in [2.45, 2.75) is 26.4 Å². The fraction of sp³-hybridized carbons (Fsp3) is 0.308. The average Bonchev–Trinajstić information content (AvgIpc) is 2.69. The number of hydrogen-bond donors (Lipinski definition) is 2. The lowest BCUT2D eigenvalue weighted by Gasteiger charge is -2.22. The zero-order valence-corrected chi connectivity index (χ0v) is 9.78. The van der Waals surface area contributed by atoms with E-state index in [0.717, 1.165) is 16.7 Å². The summed E-state index contributed by atoms with van der Waals surface area (Å²) in [6, 6.07) is 6.05. The van der Waals surface area contributed by atoms with Gasteiger partial charge in [0, 0.05) is 12.4 Å². The van der Waals surface area contributed by atoms with E-state index in [-0.39, 0.29) is 0 Å². The molecule has 2 N–H and O–H groups in total. The quantitative estimate of drug-likeness (QED) is 0.809. The van der Waals surface area contributed by atoms with Crippen LogP contribution in [0, 0.1) is 13.8 Å². The van der Waals surface area contributed by atoms with Gasteiger partial charge in [0.05, 0.1) is 0 Å². The van der Waals surface area contributed by atoms with Crippen LogP contribution in [0.15, 0.2) is 30.6 Å². The summed E-state index contributed by atoms with van der Waals surface area (Å²) in [4.78, 5) is 7.07. The van der Waals surface area contributed by atoms with Crippen molar-refractivity contribution < 1.29 is 5.11 Å². The van der Waals surface area contributed by atoms with Crippen LogP contribution in [-0.4, -0.2) is 15.1 Å². The molecule has 0 aliphatic rings. The molecule has 3 nitrogen and oxygen atoms in total. The van der Waals surface area contributed by atoms with Gasteiger partial charge < -0.3 is 10.1 Å². The SMILES string of the molecule is Cc1cc(C)cc([C@@](C)(O)c2ncc[nH]2)c1. The third-order valence-corrected chi connectivity index (χ3v) is 2.74. The van der Waals surface area contributed by atoms with Crippen molar-refractivity contribution in [3.8, 4) is 0 Å². The zero-order chi connectivity index (χ0) is 11.8. The Hall–Kier alpha value is -1.61. The normalized spacial score (nSPS) is 14.8. The molecule has 0 fully saturated rings. The highest BCUT2D eigenvalue weighted by Crippen LogP contribution is 2.27. The van der Waals surface area contributed by atoms with Crippen molar-refractivity contribution >= 4 is 0 Å². The summed E-state index contributed by atoms with van der Waals surface area (Å²) in [5.74, 6) is 0.567. The number of aryl methyl sites for hydroxylation is 2. The van der Waals surface area contributed by atoms with Crippen LogP contribution in [0.4, 0.5) is 0 Å². The molecule has 0 spiro atoms. The molecule has 1 aromatic carbocycles. The number of aliphatic hydroxyl groups is 1. The van der Waals surface area contributed by atoms with Gasteiger partial charge in [-0.3, -0.25) is 0 Å². The lowest BCUT2D eigenvalue weighted by Crippen LogP contribution is -2.24. The molecule has 84 valence electrons. The van der Waals surface area contributed by atoms with E-state index in [2.05, 4.69) is 16.0 Å². The van der Waals surface area contributed by atoms with Crippen molar-refractivity contribution in [2.75, 3.05) is 0 Å². The second-order valence-corrected chi connectivity index (χ2v) is 4.39. The number of aromatic nitrogens is 2. The lowest BCUT2D eigenvalue weighted by atomic mass is 9.92. The Morgan fingerprint density at radius 3 is 2.31 bits per heavy atom. The maximum atomic E-state index is 10.5. The van der Waals surface area contributed by atoms with Gasteiger partial charge in [-0.05, 0) is 26.3 Å². The molecule has 0 saturated carbocycles. The second kappa shape index (κ2) is 3.76. The number of aromatic amines is 1. The van der Waals surface area contributed by atoms with Crippen LogP contribution >= 0.6 is 0 Å². The van der Waals surface area contributed by atoms with Gasteiger partial charge in [0.25, 0.3) is 0 Å². The molecule has 0 unspecified atom stereocenters. The molecule has 3 heteroatoms. The van der Waals surface area contributed by atoms with E-state index < -0.39 is 5.60 Å². The van der Waals surface area contributed by atoms with Crippen molar-refractivity contribution in [1.29, 1.82) is 0 Å². The molecule has 0 amide bonds. The van der Waals surface area contributed by atoms with Gasteiger partial charge in [0.1, 0.15) is 11.4 Å². The minimum Gasteiger partial charge on any atom is -0.377 e. The van der Waals surface area contributed by atoms with Crippen molar-refractivity contribution in [3.05, 3.63) is 53.1 Å². The molecule has 0 radical (unpaired) electrons. The highest BCUT2D eigenvalue weighted by molar-refractivity contribution is 5.35. The fourth-order valence-electron chi connectivity index (χ4n) is 1.92. The van der Waals surface area contributed by atoms with Crippen LogP contribution < -0.4 is 0 Å². The summed E-state index contributed by atoms with van der Waals surface area (Å²) < 4.78 is 0. The lowest BCUT2D eigenvalue weighted by molar-refractivity contribution is 0.0930. The highest BCUT2D eigenvalue weighted by atomic mass is 16.3. The average molecular weight is 216 g/mol. The third kappa shape index (κ3) is 1.86. The van der Waals surface area contributed by atoms with Crippen LogP contribution in [0.25, 0.3) is 0 Å². The summed E-state index contributed by atoms with van der Waals surface area (Å²) >= 11 is 0. The topological polar surface area (TPSA) is 48.9 Å². The molecular weight excluding hydrogens is 200 g/mol. The van der Waals surface area contributed by atoms with E-state index in [1.54, 1.807) is 19.3 Å². The smallest absolute Gasteiger partial charge is 0.144 e. The summed E-state index contributed by atoms with van der Waals surface area (Å²) in [6.07, 6.45) is 3.36. The first kappa shape index (κ1) is 10.9. The molecule has 2 aromatic rings. The predicted octanol–water partition coefficient (Wildman–Crippen LogP) is 2.28. The van der Waals surface area contributed by atoms with E-state index >= 15 is 0 Å². The predicted molar refractivity (Wildman–Crippen MR) is 63.2 cm³/mol. The number of H-pyrrole nitrogens is 1. The Morgan fingerprint density at radius 2 is 1.81 bits per heavy atom. The number of nitrogens with zero attached hydrogens (tertiary/aromatic N) is 1. The van der Waals surface area contributed by atoms with Gasteiger partial charge in [0.15, 0.2) is 0 Å². The fourth-order valence-corrected chi connectivity index (χ4v) is 1.92. The first-order valence-electron chi connectivity index (χ1n) is 5.31. The van der Waals surface area contributed by atoms with Crippen molar-refractivity contribution in [3.63, 3.8) is 0 Å². The van der Waals surface area contributed by atoms with Crippen LogP contribution in [-0.2, 0) is 5.60 Å². The molecule has 0 aliphatic heterocycles. The van der Waals surface area contributed by atoms with Gasteiger partial charge in [-0.15, -0.1) is 0 Å². The number of hydrogen-bond acceptors (Lipinski definition) is 2. The van der Waals surface area contributed by atoms with E-state index in [1.165, 1.54) is 0 Å².